The lowest BCUT2D eigenvalue weighted by molar-refractivity contribution is 0.0974. The Hall–Kier alpha value is -3.02. The summed E-state index contributed by atoms with van der Waals surface area (Å²) in [5.41, 5.74) is 1.90. The molecule has 2 rings (SSSR count). The predicted octanol–water partition coefficient (Wildman–Crippen LogP) is 6.84. The smallest absolute Gasteiger partial charge is 0.450 e. The van der Waals surface area contributed by atoms with E-state index < -0.39 is 12.3 Å². The average molecular weight is 402 g/mol. The molecule has 0 heterocycles. The van der Waals surface area contributed by atoms with Gasteiger partial charge in [-0.15, -0.1) is 0 Å². The number of rotatable bonds is 10. The molecule has 29 heavy (non-hydrogen) atoms. The number of carbonyl (C=O) groups excluding carboxylic acids is 1. The Kier molecular flexibility index (Phi) is 12.4. The van der Waals surface area contributed by atoms with Gasteiger partial charge in [0.05, 0.1) is 6.61 Å². The molecule has 0 atom stereocenters. The molecule has 0 amide bonds. The predicted molar refractivity (Wildman–Crippen MR) is 113 cm³/mol. The van der Waals surface area contributed by atoms with Gasteiger partial charge in [0.25, 0.3) is 0 Å². The topological polar surface area (TPSA) is 93.1 Å². The maximum atomic E-state index is 11.9. The lowest BCUT2D eigenvalue weighted by atomic mass is 10.1. The minimum atomic E-state index is -1.83. The van der Waals surface area contributed by atoms with Gasteiger partial charge in [0.15, 0.2) is 0 Å². The zero-order valence-electron chi connectivity index (χ0n) is 16.9. The van der Waals surface area contributed by atoms with Crippen LogP contribution in [0.3, 0.4) is 0 Å². The third kappa shape index (κ3) is 11.4. The molecule has 6 nitrogen and oxygen atoms in total. The van der Waals surface area contributed by atoms with E-state index in [1.807, 2.05) is 48.5 Å². The minimum absolute atomic E-state index is 0.417. The van der Waals surface area contributed by atoms with Crippen LogP contribution in [0.4, 0.5) is 9.59 Å². The van der Waals surface area contributed by atoms with Gasteiger partial charge in [0.1, 0.15) is 5.75 Å². The number of hydrogen-bond acceptors (Lipinski definition) is 4. The van der Waals surface area contributed by atoms with E-state index in [0.29, 0.717) is 12.4 Å². The molecule has 2 N–H and O–H groups in total. The van der Waals surface area contributed by atoms with Crippen LogP contribution in [0.25, 0.3) is 11.1 Å². The molecule has 0 spiro atoms. The van der Waals surface area contributed by atoms with Gasteiger partial charge in [-0.3, -0.25) is 0 Å². The van der Waals surface area contributed by atoms with Crippen LogP contribution < -0.4 is 4.74 Å². The maximum Gasteiger partial charge on any atom is 0.513 e. The first-order valence-corrected chi connectivity index (χ1v) is 9.95. The number of unbranched alkanes of at least 4 members (excludes halogenated alkanes) is 6. The van der Waals surface area contributed by atoms with Gasteiger partial charge < -0.3 is 19.7 Å². The van der Waals surface area contributed by atoms with Crippen LogP contribution in [0, 0.1) is 0 Å². The fraction of sp³-hybridized carbons (Fsp3) is 0.391. The van der Waals surface area contributed by atoms with Crippen LogP contribution in [0.5, 0.6) is 5.75 Å². The van der Waals surface area contributed by atoms with Crippen molar-refractivity contribution in [2.24, 2.45) is 0 Å². The summed E-state index contributed by atoms with van der Waals surface area (Å²) in [4.78, 5) is 20.5. The van der Waals surface area contributed by atoms with Gasteiger partial charge in [-0.1, -0.05) is 94.0 Å². The van der Waals surface area contributed by atoms with E-state index in [4.69, 9.17) is 24.5 Å². The average Bonchev–Trinajstić information content (AvgIpc) is 2.71. The summed E-state index contributed by atoms with van der Waals surface area (Å²) >= 11 is 0. The second-order valence-corrected chi connectivity index (χ2v) is 6.47. The Labute approximate surface area is 172 Å². The van der Waals surface area contributed by atoms with Crippen LogP contribution >= 0.6 is 0 Å². The molecular formula is C23H30O6. The zero-order chi connectivity index (χ0) is 21.3. The highest BCUT2D eigenvalue weighted by molar-refractivity contribution is 5.74. The molecule has 2 aromatic carbocycles. The first kappa shape index (κ1) is 24.0. The Balaban J connectivity index is 0.000000960. The fourth-order valence-corrected chi connectivity index (χ4v) is 2.75. The van der Waals surface area contributed by atoms with Gasteiger partial charge >= 0.3 is 12.3 Å². The third-order valence-electron chi connectivity index (χ3n) is 4.13. The first-order valence-electron chi connectivity index (χ1n) is 9.95. The molecule has 0 aliphatic carbocycles. The molecule has 0 saturated carbocycles. The number of carboxylic acid groups (broad SMARTS) is 2. The molecule has 0 saturated heterocycles. The standard InChI is InChI=1S/C22H28O3.CH2O3/c1-2-3-4-5-6-7-13-18-24-22(23)25-21-17-12-11-16-20(21)19-14-9-8-10-15-19;2-1(3)4/h8-12,14-17H,2-7,13,18H2,1H3;(H2,2,3,4). The first-order chi connectivity index (χ1) is 14.0. The van der Waals surface area contributed by atoms with Crippen molar-refractivity contribution in [1.29, 1.82) is 0 Å². The summed E-state index contributed by atoms with van der Waals surface area (Å²) in [6.07, 6.45) is 5.87. The summed E-state index contributed by atoms with van der Waals surface area (Å²) in [7, 11) is 0. The number of benzene rings is 2. The van der Waals surface area contributed by atoms with Crippen LogP contribution in [0.2, 0.25) is 0 Å². The molecule has 6 heteroatoms. The molecule has 0 bridgehead atoms. The maximum absolute atomic E-state index is 11.9. The number of ether oxygens (including phenoxy) is 2. The molecule has 0 fully saturated rings. The Morgan fingerprint density at radius 3 is 2.00 bits per heavy atom. The van der Waals surface area contributed by atoms with Crippen LogP contribution in [-0.4, -0.2) is 29.1 Å². The van der Waals surface area contributed by atoms with E-state index in [9.17, 15) is 4.79 Å². The Morgan fingerprint density at radius 2 is 1.34 bits per heavy atom. The van der Waals surface area contributed by atoms with Crippen molar-refractivity contribution in [2.75, 3.05) is 6.61 Å². The van der Waals surface area contributed by atoms with E-state index in [0.717, 1.165) is 24.0 Å². The summed E-state index contributed by atoms with van der Waals surface area (Å²) < 4.78 is 10.6. The number of hydrogen-bond donors (Lipinski definition) is 2. The van der Waals surface area contributed by atoms with Crippen LogP contribution in [0.15, 0.2) is 54.6 Å². The summed E-state index contributed by atoms with van der Waals surface area (Å²) in [6, 6.07) is 17.4. The molecule has 0 radical (unpaired) electrons. The monoisotopic (exact) mass is 402 g/mol. The minimum Gasteiger partial charge on any atom is -0.450 e. The van der Waals surface area contributed by atoms with Gasteiger partial charge in [0.2, 0.25) is 0 Å². The van der Waals surface area contributed by atoms with E-state index >= 15 is 0 Å². The van der Waals surface area contributed by atoms with Gasteiger partial charge in [0, 0.05) is 5.56 Å². The summed E-state index contributed by atoms with van der Waals surface area (Å²) in [5.74, 6) is 0.526. The van der Waals surface area contributed by atoms with Crippen molar-refractivity contribution in [1.82, 2.24) is 0 Å². The second kappa shape index (κ2) is 15.0. The van der Waals surface area contributed by atoms with Crippen molar-refractivity contribution < 1.29 is 29.3 Å². The molecule has 0 aromatic heterocycles. The number of para-hydroxylation sites is 1. The highest BCUT2D eigenvalue weighted by Gasteiger charge is 2.11. The largest absolute Gasteiger partial charge is 0.513 e. The summed E-state index contributed by atoms with van der Waals surface area (Å²) in [6.45, 7) is 2.63. The van der Waals surface area contributed by atoms with Crippen molar-refractivity contribution >= 4 is 12.3 Å². The lowest BCUT2D eigenvalue weighted by Crippen LogP contribution is -2.12. The molecule has 0 unspecified atom stereocenters. The lowest BCUT2D eigenvalue weighted by Gasteiger charge is -2.10. The van der Waals surface area contributed by atoms with Gasteiger partial charge in [-0.25, -0.2) is 9.59 Å². The van der Waals surface area contributed by atoms with Crippen molar-refractivity contribution in [3.8, 4) is 16.9 Å². The molecule has 0 aliphatic heterocycles. The Bertz CT molecular complexity index is 710. The fourth-order valence-electron chi connectivity index (χ4n) is 2.75. The van der Waals surface area contributed by atoms with E-state index in [2.05, 4.69) is 6.92 Å². The van der Waals surface area contributed by atoms with Crippen molar-refractivity contribution in [2.45, 2.75) is 51.9 Å². The second-order valence-electron chi connectivity index (χ2n) is 6.47. The molecular weight excluding hydrogens is 372 g/mol. The quantitative estimate of drug-likeness (QED) is 0.257. The van der Waals surface area contributed by atoms with Crippen molar-refractivity contribution in [3.05, 3.63) is 54.6 Å². The zero-order valence-corrected chi connectivity index (χ0v) is 16.9. The van der Waals surface area contributed by atoms with Crippen molar-refractivity contribution in [3.63, 3.8) is 0 Å². The highest BCUT2D eigenvalue weighted by atomic mass is 16.7. The van der Waals surface area contributed by atoms with E-state index in [1.165, 1.54) is 32.1 Å². The Morgan fingerprint density at radius 1 is 0.793 bits per heavy atom. The third-order valence-corrected chi connectivity index (χ3v) is 4.13. The number of carbonyl (C=O) groups is 2. The summed E-state index contributed by atoms with van der Waals surface area (Å²) in [5, 5.41) is 13.9. The molecule has 2 aromatic rings. The van der Waals surface area contributed by atoms with Gasteiger partial charge in [-0.2, -0.15) is 0 Å². The van der Waals surface area contributed by atoms with Crippen LogP contribution in [-0.2, 0) is 4.74 Å². The highest BCUT2D eigenvalue weighted by Crippen LogP contribution is 2.29. The van der Waals surface area contributed by atoms with Crippen LogP contribution in [0.1, 0.15) is 51.9 Å². The van der Waals surface area contributed by atoms with Gasteiger partial charge in [-0.05, 0) is 18.1 Å². The van der Waals surface area contributed by atoms with E-state index in [-0.39, 0.29) is 0 Å². The van der Waals surface area contributed by atoms with E-state index in [1.54, 1.807) is 6.07 Å². The normalized spacial score (nSPS) is 9.83. The molecule has 0 aliphatic rings. The SMILES string of the molecule is CCCCCCCCCOC(=O)Oc1ccccc1-c1ccccc1.O=C(O)O. The molecule has 158 valence electrons.